The first kappa shape index (κ1) is 23.0. The number of nitrogens with zero attached hydrogens (tertiary/aromatic N) is 3. The van der Waals surface area contributed by atoms with Crippen LogP contribution in [0.1, 0.15) is 88.7 Å². The minimum Gasteiger partial charge on any atom is -0.347 e. The van der Waals surface area contributed by atoms with Gasteiger partial charge >= 0.3 is 0 Å². The number of rotatable bonds is 7. The molecule has 0 bridgehead atoms. The topological polar surface area (TPSA) is 73.9 Å². The van der Waals surface area contributed by atoms with Gasteiger partial charge in [-0.05, 0) is 62.7 Å². The Labute approximate surface area is 192 Å². The third-order valence-corrected chi connectivity index (χ3v) is 7.24. The molecule has 0 unspecified atom stereocenters. The molecule has 2 aromatic heterocycles. The number of likely N-dealkylation sites (tertiary alicyclic amines) is 1. The Morgan fingerprint density at radius 2 is 1.94 bits per heavy atom. The number of H-pyrrole nitrogens is 1. The first-order valence-corrected chi connectivity index (χ1v) is 12.4. The SMILES string of the molecule is CC(C)(C)c1[nH]ncc1CN1CCC([C@H](NC(=O)CC2CCCC2)c2ccccn2)CC1. The van der Waals surface area contributed by atoms with Gasteiger partial charge < -0.3 is 5.32 Å². The minimum absolute atomic E-state index is 0.00585. The van der Waals surface area contributed by atoms with Crippen molar-refractivity contribution in [2.24, 2.45) is 11.8 Å². The molecule has 6 heteroatoms. The number of amides is 1. The van der Waals surface area contributed by atoms with Gasteiger partial charge in [0.15, 0.2) is 0 Å². The molecule has 2 aromatic rings. The lowest BCUT2D eigenvalue weighted by Crippen LogP contribution is -2.41. The van der Waals surface area contributed by atoms with Crippen molar-refractivity contribution in [3.63, 3.8) is 0 Å². The van der Waals surface area contributed by atoms with Crippen LogP contribution in [0.3, 0.4) is 0 Å². The summed E-state index contributed by atoms with van der Waals surface area (Å²) in [4.78, 5) is 20.0. The molecule has 4 rings (SSSR count). The molecule has 174 valence electrons. The molecule has 0 spiro atoms. The molecule has 1 saturated carbocycles. The van der Waals surface area contributed by atoms with Gasteiger partial charge in [0.25, 0.3) is 0 Å². The third-order valence-electron chi connectivity index (χ3n) is 7.24. The molecule has 1 atom stereocenters. The molecular weight excluding hydrogens is 398 g/mol. The van der Waals surface area contributed by atoms with Gasteiger partial charge in [-0.3, -0.25) is 19.8 Å². The van der Waals surface area contributed by atoms with Gasteiger partial charge in [-0.2, -0.15) is 5.10 Å². The summed E-state index contributed by atoms with van der Waals surface area (Å²) in [5.74, 6) is 1.18. The second-order valence-corrected chi connectivity index (χ2v) is 10.8. The molecule has 0 radical (unpaired) electrons. The lowest BCUT2D eigenvalue weighted by atomic mass is 9.86. The maximum atomic E-state index is 12.9. The Morgan fingerprint density at radius 3 is 2.59 bits per heavy atom. The number of aromatic nitrogens is 3. The summed E-state index contributed by atoms with van der Waals surface area (Å²) in [6.07, 6.45) is 11.6. The molecule has 2 N–H and O–H groups in total. The predicted octanol–water partition coefficient (Wildman–Crippen LogP) is 4.75. The van der Waals surface area contributed by atoms with Gasteiger partial charge in [0.05, 0.1) is 17.9 Å². The molecule has 1 aliphatic carbocycles. The molecule has 1 amide bonds. The highest BCUT2D eigenvalue weighted by atomic mass is 16.1. The van der Waals surface area contributed by atoms with Crippen molar-refractivity contribution in [1.82, 2.24) is 25.4 Å². The van der Waals surface area contributed by atoms with Crippen LogP contribution in [-0.4, -0.2) is 39.1 Å². The average molecular weight is 438 g/mol. The fraction of sp³-hybridized carbons (Fsp3) is 0.654. The van der Waals surface area contributed by atoms with Gasteiger partial charge in [0.2, 0.25) is 5.91 Å². The van der Waals surface area contributed by atoms with Crippen LogP contribution in [-0.2, 0) is 16.8 Å². The smallest absolute Gasteiger partial charge is 0.220 e. The molecule has 2 aliphatic rings. The van der Waals surface area contributed by atoms with E-state index in [2.05, 4.69) is 52.2 Å². The van der Waals surface area contributed by atoms with E-state index in [0.29, 0.717) is 18.3 Å². The molecule has 1 aliphatic heterocycles. The van der Waals surface area contributed by atoms with E-state index < -0.39 is 0 Å². The number of hydrogen-bond acceptors (Lipinski definition) is 4. The molecule has 3 heterocycles. The van der Waals surface area contributed by atoms with Crippen molar-refractivity contribution in [3.05, 3.63) is 47.5 Å². The van der Waals surface area contributed by atoms with Crippen molar-refractivity contribution in [2.45, 2.75) is 83.7 Å². The lowest BCUT2D eigenvalue weighted by molar-refractivity contribution is -0.123. The van der Waals surface area contributed by atoms with Crippen molar-refractivity contribution < 1.29 is 4.79 Å². The number of nitrogens with one attached hydrogen (secondary N) is 2. The second kappa shape index (κ2) is 10.2. The minimum atomic E-state index is 0.00585. The number of pyridine rings is 1. The number of hydrogen-bond donors (Lipinski definition) is 2. The van der Waals surface area contributed by atoms with E-state index in [0.717, 1.165) is 38.2 Å². The van der Waals surface area contributed by atoms with Gasteiger partial charge in [-0.15, -0.1) is 0 Å². The Hall–Kier alpha value is -2.21. The zero-order valence-electron chi connectivity index (χ0n) is 19.9. The molecule has 6 nitrogen and oxygen atoms in total. The second-order valence-electron chi connectivity index (χ2n) is 10.8. The third kappa shape index (κ3) is 5.77. The van der Waals surface area contributed by atoms with E-state index in [9.17, 15) is 4.79 Å². The molecule has 0 aromatic carbocycles. The van der Waals surface area contributed by atoms with E-state index in [1.165, 1.54) is 36.9 Å². The Kier molecular flexibility index (Phi) is 7.29. The highest BCUT2D eigenvalue weighted by Crippen LogP contribution is 2.33. The first-order chi connectivity index (χ1) is 15.4. The van der Waals surface area contributed by atoms with Crippen LogP contribution < -0.4 is 5.32 Å². The van der Waals surface area contributed by atoms with Gasteiger partial charge in [0.1, 0.15) is 0 Å². The normalized spacial score (nSPS) is 19.8. The van der Waals surface area contributed by atoms with Crippen molar-refractivity contribution >= 4 is 5.91 Å². The highest BCUT2D eigenvalue weighted by Gasteiger charge is 2.31. The van der Waals surface area contributed by atoms with E-state index >= 15 is 0 Å². The van der Waals surface area contributed by atoms with Crippen molar-refractivity contribution in [3.8, 4) is 0 Å². The molecule has 2 fully saturated rings. The first-order valence-electron chi connectivity index (χ1n) is 12.4. The van der Waals surface area contributed by atoms with E-state index in [1.807, 2.05) is 24.5 Å². The van der Waals surface area contributed by atoms with Crippen LogP contribution in [0.4, 0.5) is 0 Å². The summed E-state index contributed by atoms with van der Waals surface area (Å²) >= 11 is 0. The maximum Gasteiger partial charge on any atom is 0.220 e. The average Bonchev–Trinajstić information content (AvgIpc) is 3.45. The predicted molar refractivity (Wildman–Crippen MR) is 127 cm³/mol. The zero-order chi connectivity index (χ0) is 22.6. The maximum absolute atomic E-state index is 12.9. The summed E-state index contributed by atoms with van der Waals surface area (Å²) in [7, 11) is 0. The van der Waals surface area contributed by atoms with Crippen LogP contribution in [0.2, 0.25) is 0 Å². The fourth-order valence-corrected chi connectivity index (χ4v) is 5.47. The van der Waals surface area contributed by atoms with Crippen LogP contribution >= 0.6 is 0 Å². The highest BCUT2D eigenvalue weighted by molar-refractivity contribution is 5.76. The van der Waals surface area contributed by atoms with Crippen LogP contribution in [0.15, 0.2) is 30.6 Å². The van der Waals surface area contributed by atoms with Crippen LogP contribution in [0.5, 0.6) is 0 Å². The standard InChI is InChI=1S/C26H39N5O/c1-26(2,3)25-21(17-28-30-25)18-31-14-11-20(12-15-31)24(22-10-6-7-13-27-22)29-23(32)16-19-8-4-5-9-19/h6-7,10,13,17,19-20,24H,4-5,8-9,11-12,14-16,18H2,1-3H3,(H,28,30)(H,29,32)/t24-/m0/s1. The van der Waals surface area contributed by atoms with E-state index in [1.54, 1.807) is 0 Å². The summed E-state index contributed by atoms with van der Waals surface area (Å²) < 4.78 is 0. The Balaban J connectivity index is 1.38. The van der Waals surface area contributed by atoms with Gasteiger partial charge in [-0.1, -0.05) is 39.7 Å². The molecule has 1 saturated heterocycles. The fourth-order valence-electron chi connectivity index (χ4n) is 5.47. The quantitative estimate of drug-likeness (QED) is 0.655. The largest absolute Gasteiger partial charge is 0.347 e. The van der Waals surface area contributed by atoms with Crippen LogP contribution in [0, 0.1) is 11.8 Å². The Bertz CT molecular complexity index is 858. The summed E-state index contributed by atoms with van der Waals surface area (Å²) in [5.41, 5.74) is 3.58. The molecule has 32 heavy (non-hydrogen) atoms. The van der Waals surface area contributed by atoms with Gasteiger partial charge in [0, 0.05) is 35.8 Å². The number of piperidine rings is 1. The summed E-state index contributed by atoms with van der Waals surface area (Å²) in [5, 5.41) is 10.9. The Morgan fingerprint density at radius 1 is 1.19 bits per heavy atom. The van der Waals surface area contributed by atoms with E-state index in [4.69, 9.17) is 0 Å². The van der Waals surface area contributed by atoms with Gasteiger partial charge in [-0.25, -0.2) is 0 Å². The lowest BCUT2D eigenvalue weighted by Gasteiger charge is -2.36. The number of aromatic amines is 1. The van der Waals surface area contributed by atoms with E-state index in [-0.39, 0.29) is 17.4 Å². The van der Waals surface area contributed by atoms with Crippen LogP contribution in [0.25, 0.3) is 0 Å². The zero-order valence-corrected chi connectivity index (χ0v) is 19.9. The number of carbonyl (C=O) groups excluding carboxylic acids is 1. The number of carbonyl (C=O) groups is 1. The van der Waals surface area contributed by atoms with Crippen molar-refractivity contribution in [2.75, 3.05) is 13.1 Å². The monoisotopic (exact) mass is 437 g/mol. The molecular formula is C26H39N5O. The summed E-state index contributed by atoms with van der Waals surface area (Å²) in [6.45, 7) is 9.66. The van der Waals surface area contributed by atoms with Crippen molar-refractivity contribution in [1.29, 1.82) is 0 Å². The summed E-state index contributed by atoms with van der Waals surface area (Å²) in [6, 6.07) is 6.04.